The molecule has 0 atom stereocenters. The lowest BCUT2D eigenvalue weighted by Crippen LogP contribution is -2.19. The van der Waals surface area contributed by atoms with Gasteiger partial charge >= 0.3 is 6.03 Å². The minimum atomic E-state index is -0.638. The highest BCUT2D eigenvalue weighted by Gasteiger charge is 2.03. The number of unbranched alkanes of at least 4 members (excludes halogenated alkanes) is 1. The van der Waals surface area contributed by atoms with Crippen LogP contribution in [0.1, 0.15) is 19.3 Å². The molecule has 0 spiro atoms. The Hall–Kier alpha value is -2.08. The van der Waals surface area contributed by atoms with Crippen molar-refractivity contribution in [1.29, 1.82) is 0 Å². The van der Waals surface area contributed by atoms with Gasteiger partial charge in [-0.25, -0.2) is 4.79 Å². The maximum atomic E-state index is 11.6. The zero-order chi connectivity index (χ0) is 13.4. The van der Waals surface area contributed by atoms with Crippen LogP contribution in [0, 0.1) is 0 Å². The van der Waals surface area contributed by atoms with Crippen LogP contribution in [0.5, 0.6) is 0 Å². The zero-order valence-corrected chi connectivity index (χ0v) is 10.1. The molecule has 0 aliphatic heterocycles. The third kappa shape index (κ3) is 5.31. The summed E-state index contributed by atoms with van der Waals surface area (Å²) in [5, 5.41) is 5.18. The van der Waals surface area contributed by atoms with Crippen LogP contribution in [0.25, 0.3) is 0 Å². The smallest absolute Gasteiger partial charge is 0.316 e. The number of hydrogen-bond donors (Lipinski definition) is 4. The molecule has 0 bridgehead atoms. The predicted octanol–water partition coefficient (Wildman–Crippen LogP) is 1.24. The zero-order valence-electron chi connectivity index (χ0n) is 10.1. The van der Waals surface area contributed by atoms with Gasteiger partial charge in [-0.2, -0.15) is 0 Å². The Morgan fingerprint density at radius 3 is 2.39 bits per heavy atom. The summed E-state index contributed by atoms with van der Waals surface area (Å²) in [7, 11) is 0. The van der Waals surface area contributed by atoms with Crippen LogP contribution < -0.4 is 22.1 Å². The van der Waals surface area contributed by atoms with E-state index in [-0.39, 0.29) is 5.91 Å². The number of nitrogens with two attached hydrogens (primary N) is 2. The van der Waals surface area contributed by atoms with Gasteiger partial charge in [0.05, 0.1) is 0 Å². The van der Waals surface area contributed by atoms with Gasteiger partial charge < -0.3 is 22.1 Å². The van der Waals surface area contributed by atoms with E-state index in [1.165, 1.54) is 0 Å². The highest BCUT2D eigenvalue weighted by atomic mass is 16.2. The molecule has 6 heteroatoms. The van der Waals surface area contributed by atoms with Gasteiger partial charge in [-0.15, -0.1) is 0 Å². The van der Waals surface area contributed by atoms with Crippen LogP contribution >= 0.6 is 0 Å². The summed E-state index contributed by atoms with van der Waals surface area (Å²) >= 11 is 0. The van der Waals surface area contributed by atoms with Crippen molar-refractivity contribution in [3.8, 4) is 0 Å². The Labute approximate surface area is 106 Å². The Kier molecular flexibility index (Phi) is 5.66. The van der Waals surface area contributed by atoms with Gasteiger partial charge in [-0.05, 0) is 37.6 Å². The fourth-order valence-corrected chi connectivity index (χ4v) is 1.47. The number of rotatable bonds is 6. The van der Waals surface area contributed by atoms with Crippen molar-refractivity contribution in [3.05, 3.63) is 24.3 Å². The van der Waals surface area contributed by atoms with E-state index in [9.17, 15) is 9.59 Å². The van der Waals surface area contributed by atoms with E-state index in [4.69, 9.17) is 11.5 Å². The Morgan fingerprint density at radius 2 is 1.78 bits per heavy atom. The molecule has 1 rings (SSSR count). The average molecular weight is 250 g/mol. The second kappa shape index (κ2) is 7.29. The first-order valence-electron chi connectivity index (χ1n) is 5.78. The normalized spacial score (nSPS) is 9.83. The van der Waals surface area contributed by atoms with Crippen molar-refractivity contribution in [2.75, 3.05) is 17.2 Å². The van der Waals surface area contributed by atoms with Crippen molar-refractivity contribution in [2.45, 2.75) is 19.3 Å². The van der Waals surface area contributed by atoms with Gasteiger partial charge in [0.15, 0.2) is 0 Å². The van der Waals surface area contributed by atoms with E-state index in [2.05, 4.69) is 10.6 Å². The molecular weight excluding hydrogens is 232 g/mol. The highest BCUT2D eigenvalue weighted by molar-refractivity contribution is 5.93. The number of anilines is 2. The number of amides is 3. The Morgan fingerprint density at radius 1 is 1.11 bits per heavy atom. The van der Waals surface area contributed by atoms with Crippen LogP contribution in [-0.4, -0.2) is 18.5 Å². The van der Waals surface area contributed by atoms with Crippen LogP contribution in [0.3, 0.4) is 0 Å². The van der Waals surface area contributed by atoms with E-state index < -0.39 is 6.03 Å². The summed E-state index contributed by atoms with van der Waals surface area (Å²) in [6.45, 7) is 0.589. The van der Waals surface area contributed by atoms with Gasteiger partial charge in [0, 0.05) is 17.8 Å². The molecule has 18 heavy (non-hydrogen) atoms. The number of hydrogen-bond acceptors (Lipinski definition) is 3. The van der Waals surface area contributed by atoms with Gasteiger partial charge in [0.25, 0.3) is 0 Å². The fourth-order valence-electron chi connectivity index (χ4n) is 1.47. The van der Waals surface area contributed by atoms with Gasteiger partial charge in [-0.3, -0.25) is 4.79 Å². The van der Waals surface area contributed by atoms with Crippen LogP contribution in [0.2, 0.25) is 0 Å². The maximum absolute atomic E-state index is 11.6. The van der Waals surface area contributed by atoms with Crippen LogP contribution in [-0.2, 0) is 4.79 Å². The van der Waals surface area contributed by atoms with Gasteiger partial charge in [0.2, 0.25) is 5.91 Å². The summed E-state index contributed by atoms with van der Waals surface area (Å²) < 4.78 is 0. The van der Waals surface area contributed by atoms with Crippen LogP contribution in [0.15, 0.2) is 24.3 Å². The fraction of sp³-hybridized carbons (Fsp3) is 0.333. The predicted molar refractivity (Wildman–Crippen MR) is 71.2 cm³/mol. The second-order valence-corrected chi connectivity index (χ2v) is 3.86. The molecule has 98 valence electrons. The third-order valence-electron chi connectivity index (χ3n) is 2.27. The van der Waals surface area contributed by atoms with E-state index in [0.717, 1.165) is 12.8 Å². The summed E-state index contributed by atoms with van der Waals surface area (Å²) in [5.41, 5.74) is 11.5. The molecule has 6 N–H and O–H groups in total. The number of carbonyl (C=O) groups excluding carboxylic acids is 2. The molecule has 6 nitrogen and oxygen atoms in total. The molecule has 0 saturated heterocycles. The lowest BCUT2D eigenvalue weighted by Gasteiger charge is -2.07. The van der Waals surface area contributed by atoms with E-state index in [0.29, 0.717) is 24.3 Å². The molecule has 0 aliphatic carbocycles. The first-order chi connectivity index (χ1) is 8.61. The number of primary amides is 1. The number of nitrogens with one attached hydrogen (secondary N) is 2. The van der Waals surface area contributed by atoms with Crippen molar-refractivity contribution in [2.24, 2.45) is 11.5 Å². The van der Waals surface area contributed by atoms with E-state index in [1.54, 1.807) is 24.3 Å². The number of urea groups is 1. The summed E-state index contributed by atoms with van der Waals surface area (Å²) in [4.78, 5) is 22.2. The summed E-state index contributed by atoms with van der Waals surface area (Å²) in [5.74, 6) is -0.0697. The van der Waals surface area contributed by atoms with E-state index in [1.807, 2.05) is 0 Å². The number of benzene rings is 1. The van der Waals surface area contributed by atoms with Crippen LogP contribution in [0.4, 0.5) is 16.2 Å². The number of carbonyl (C=O) groups is 2. The first-order valence-corrected chi connectivity index (χ1v) is 5.78. The summed E-state index contributed by atoms with van der Waals surface area (Å²) in [6.07, 6.45) is 2.03. The molecule has 0 aromatic heterocycles. The highest BCUT2D eigenvalue weighted by Crippen LogP contribution is 2.15. The standard InChI is InChI=1S/C12H18N4O2/c13-7-2-1-6-11(17)15-9-4-3-5-10(8-9)16-12(14)18/h3-5,8H,1-2,6-7,13H2,(H,15,17)(H3,14,16,18). The van der Waals surface area contributed by atoms with Crippen molar-refractivity contribution in [1.82, 2.24) is 0 Å². The van der Waals surface area contributed by atoms with Crippen molar-refractivity contribution < 1.29 is 9.59 Å². The molecule has 0 aliphatic rings. The lowest BCUT2D eigenvalue weighted by atomic mass is 10.2. The molecule has 0 saturated carbocycles. The molecule has 1 aromatic carbocycles. The SMILES string of the molecule is NCCCCC(=O)Nc1cccc(NC(N)=O)c1. The largest absolute Gasteiger partial charge is 0.351 e. The Bertz CT molecular complexity index is 420. The van der Waals surface area contributed by atoms with Gasteiger partial charge in [-0.1, -0.05) is 6.07 Å². The summed E-state index contributed by atoms with van der Waals surface area (Å²) in [6, 6.07) is 6.16. The topological polar surface area (TPSA) is 110 Å². The molecule has 0 radical (unpaired) electrons. The molecule has 3 amide bonds. The molecular formula is C12H18N4O2. The molecule has 0 unspecified atom stereocenters. The second-order valence-electron chi connectivity index (χ2n) is 3.86. The molecule has 1 aromatic rings. The van der Waals surface area contributed by atoms with Gasteiger partial charge in [0.1, 0.15) is 0 Å². The quantitative estimate of drug-likeness (QED) is 0.570. The minimum absolute atomic E-state index is 0.0697. The lowest BCUT2D eigenvalue weighted by molar-refractivity contribution is -0.116. The molecule has 0 fully saturated rings. The monoisotopic (exact) mass is 250 g/mol. The van der Waals surface area contributed by atoms with Crippen molar-refractivity contribution >= 4 is 23.3 Å². The third-order valence-corrected chi connectivity index (χ3v) is 2.27. The van der Waals surface area contributed by atoms with E-state index >= 15 is 0 Å². The average Bonchev–Trinajstić information content (AvgIpc) is 2.28. The maximum Gasteiger partial charge on any atom is 0.316 e. The first kappa shape index (κ1) is 14.0. The van der Waals surface area contributed by atoms with Crippen molar-refractivity contribution in [3.63, 3.8) is 0 Å². The Balaban J connectivity index is 2.51. The molecule has 0 heterocycles. The minimum Gasteiger partial charge on any atom is -0.351 e.